The fraction of sp³-hybridized carbons (Fsp3) is 0.208. The Morgan fingerprint density at radius 2 is 1.91 bits per heavy atom. The first-order chi connectivity index (χ1) is 15.9. The summed E-state index contributed by atoms with van der Waals surface area (Å²) in [6.07, 6.45) is 0. The van der Waals surface area contributed by atoms with Crippen molar-refractivity contribution in [2.75, 3.05) is 17.7 Å². The third-order valence-electron chi connectivity index (χ3n) is 4.86. The molecule has 2 heterocycles. The molecular weight excluding hydrogens is 456 g/mol. The maximum absolute atomic E-state index is 13.2. The monoisotopic (exact) mass is 478 g/mol. The maximum Gasteiger partial charge on any atom is 0.316 e. The van der Waals surface area contributed by atoms with Crippen molar-refractivity contribution >= 4 is 51.0 Å². The molecule has 2 aromatic carbocycles. The molecule has 0 aliphatic heterocycles. The van der Waals surface area contributed by atoms with Crippen LogP contribution in [-0.2, 0) is 9.53 Å². The smallest absolute Gasteiger partial charge is 0.316 e. The van der Waals surface area contributed by atoms with Crippen LogP contribution in [0, 0.1) is 13.8 Å². The Morgan fingerprint density at radius 1 is 1.09 bits per heavy atom. The molecule has 1 amide bonds. The van der Waals surface area contributed by atoms with Crippen molar-refractivity contribution in [1.29, 1.82) is 0 Å². The lowest BCUT2D eigenvalue weighted by Gasteiger charge is -2.11. The minimum Gasteiger partial charge on any atom is -0.465 e. The normalized spacial score (nSPS) is 10.9. The molecule has 1 N–H and O–H groups in total. The van der Waals surface area contributed by atoms with Gasteiger partial charge in [0.15, 0.2) is 4.34 Å². The van der Waals surface area contributed by atoms with E-state index < -0.39 is 0 Å². The average Bonchev–Trinajstić information content (AvgIpc) is 3.24. The second kappa shape index (κ2) is 10.1. The number of amides is 1. The van der Waals surface area contributed by atoms with Gasteiger partial charge in [0.1, 0.15) is 0 Å². The van der Waals surface area contributed by atoms with Gasteiger partial charge in [-0.3, -0.25) is 14.9 Å². The van der Waals surface area contributed by atoms with Gasteiger partial charge in [0.2, 0.25) is 5.13 Å². The maximum atomic E-state index is 13.2. The lowest BCUT2D eigenvalue weighted by molar-refractivity contribution is -0.139. The van der Waals surface area contributed by atoms with Crippen LogP contribution >= 0.6 is 23.1 Å². The standard InChI is InChI=1S/C24H22N4O3S2/c1-4-31-21(29)13-32-24-28-27-23(33-24)26-22(30)18-12-20(16-10-9-14(2)11-15(16)3)25-19-8-6-5-7-17(18)19/h5-12H,4,13H2,1-3H3,(H,26,27,30). The van der Waals surface area contributed by atoms with Gasteiger partial charge in [-0.25, -0.2) is 4.98 Å². The van der Waals surface area contributed by atoms with Crippen LogP contribution in [0.2, 0.25) is 0 Å². The topological polar surface area (TPSA) is 94.1 Å². The number of hydrogen-bond donors (Lipinski definition) is 1. The molecule has 7 nitrogen and oxygen atoms in total. The minimum atomic E-state index is -0.314. The van der Waals surface area contributed by atoms with E-state index in [1.807, 2.05) is 56.3 Å². The molecule has 0 aliphatic carbocycles. The van der Waals surface area contributed by atoms with Gasteiger partial charge in [-0.2, -0.15) is 0 Å². The third kappa shape index (κ3) is 5.37. The summed E-state index contributed by atoms with van der Waals surface area (Å²) < 4.78 is 5.49. The average molecular weight is 479 g/mol. The van der Waals surface area contributed by atoms with E-state index in [1.165, 1.54) is 28.7 Å². The van der Waals surface area contributed by atoms with E-state index in [2.05, 4.69) is 21.6 Å². The number of ether oxygens (including phenoxy) is 1. The highest BCUT2D eigenvalue weighted by molar-refractivity contribution is 8.01. The van der Waals surface area contributed by atoms with Crippen LogP contribution in [0.3, 0.4) is 0 Å². The number of esters is 1. The fourth-order valence-corrected chi connectivity index (χ4v) is 4.95. The highest BCUT2D eigenvalue weighted by Gasteiger charge is 2.17. The van der Waals surface area contributed by atoms with Crippen molar-refractivity contribution in [3.8, 4) is 11.3 Å². The third-order valence-corrected chi connectivity index (χ3v) is 6.81. The fourth-order valence-electron chi connectivity index (χ4n) is 3.41. The predicted octanol–water partition coefficient (Wildman–Crippen LogP) is 5.28. The molecule has 0 saturated carbocycles. The van der Waals surface area contributed by atoms with Crippen LogP contribution in [-0.4, -0.2) is 39.4 Å². The van der Waals surface area contributed by atoms with Crippen molar-refractivity contribution in [1.82, 2.24) is 15.2 Å². The van der Waals surface area contributed by atoms with Crippen LogP contribution in [0.25, 0.3) is 22.2 Å². The first-order valence-electron chi connectivity index (χ1n) is 10.3. The van der Waals surface area contributed by atoms with E-state index in [4.69, 9.17) is 9.72 Å². The number of carbonyl (C=O) groups is 2. The molecule has 4 rings (SSSR count). The molecular formula is C24H22N4O3S2. The summed E-state index contributed by atoms with van der Waals surface area (Å²) in [5.74, 6) is -0.465. The van der Waals surface area contributed by atoms with Crippen molar-refractivity contribution in [2.45, 2.75) is 25.1 Å². The number of aromatic nitrogens is 3. The Labute approximate surface area is 199 Å². The number of pyridine rings is 1. The van der Waals surface area contributed by atoms with Gasteiger partial charge >= 0.3 is 5.97 Å². The summed E-state index contributed by atoms with van der Waals surface area (Å²) in [5, 5.41) is 12.0. The van der Waals surface area contributed by atoms with Crippen LogP contribution < -0.4 is 5.32 Å². The molecule has 168 valence electrons. The van der Waals surface area contributed by atoms with E-state index in [-0.39, 0.29) is 17.6 Å². The lowest BCUT2D eigenvalue weighted by atomic mass is 9.99. The largest absolute Gasteiger partial charge is 0.465 e. The lowest BCUT2D eigenvalue weighted by Crippen LogP contribution is -2.13. The zero-order valence-electron chi connectivity index (χ0n) is 18.4. The van der Waals surface area contributed by atoms with Crippen LogP contribution in [0.5, 0.6) is 0 Å². The molecule has 9 heteroatoms. The Balaban J connectivity index is 1.61. The van der Waals surface area contributed by atoms with Crippen LogP contribution in [0.4, 0.5) is 5.13 Å². The van der Waals surface area contributed by atoms with Gasteiger partial charge in [-0.1, -0.05) is 65.1 Å². The summed E-state index contributed by atoms with van der Waals surface area (Å²) in [6, 6.07) is 15.5. The number of nitrogens with zero attached hydrogens (tertiary/aromatic N) is 3. The quantitative estimate of drug-likeness (QED) is 0.219. The highest BCUT2D eigenvalue weighted by atomic mass is 32.2. The molecule has 0 unspecified atom stereocenters. The summed E-state index contributed by atoms with van der Waals surface area (Å²) >= 11 is 2.44. The number of aryl methyl sites for hydroxylation is 2. The number of thioether (sulfide) groups is 1. The molecule has 0 aliphatic rings. The molecule has 0 radical (unpaired) electrons. The zero-order chi connectivity index (χ0) is 23.4. The Morgan fingerprint density at radius 3 is 2.70 bits per heavy atom. The SMILES string of the molecule is CCOC(=O)CSc1nnc(NC(=O)c2cc(-c3ccc(C)cc3C)nc3ccccc23)s1. The van der Waals surface area contributed by atoms with E-state index in [0.717, 1.165) is 27.7 Å². The van der Waals surface area contributed by atoms with Crippen molar-refractivity contribution in [3.63, 3.8) is 0 Å². The molecule has 0 saturated heterocycles. The Kier molecular flexibility index (Phi) is 7.00. The first-order valence-corrected chi connectivity index (χ1v) is 12.2. The zero-order valence-corrected chi connectivity index (χ0v) is 20.0. The van der Waals surface area contributed by atoms with Crippen molar-refractivity contribution < 1.29 is 14.3 Å². The van der Waals surface area contributed by atoms with Crippen LogP contribution in [0.15, 0.2) is 52.9 Å². The highest BCUT2D eigenvalue weighted by Crippen LogP contribution is 2.29. The van der Waals surface area contributed by atoms with Gasteiger partial charge < -0.3 is 4.74 Å². The summed E-state index contributed by atoms with van der Waals surface area (Å²) in [5.41, 5.74) is 5.22. The molecule has 33 heavy (non-hydrogen) atoms. The minimum absolute atomic E-state index is 0.144. The Bertz CT molecular complexity index is 1340. The van der Waals surface area contributed by atoms with Gasteiger partial charge in [-0.15, -0.1) is 10.2 Å². The number of benzene rings is 2. The number of anilines is 1. The van der Waals surface area contributed by atoms with E-state index in [9.17, 15) is 9.59 Å². The van der Waals surface area contributed by atoms with E-state index >= 15 is 0 Å². The van der Waals surface area contributed by atoms with Gasteiger partial charge in [-0.05, 0) is 38.5 Å². The number of hydrogen-bond acceptors (Lipinski definition) is 8. The van der Waals surface area contributed by atoms with Crippen molar-refractivity contribution in [2.24, 2.45) is 0 Å². The molecule has 0 bridgehead atoms. The van der Waals surface area contributed by atoms with E-state index in [1.54, 1.807) is 6.92 Å². The summed E-state index contributed by atoms with van der Waals surface area (Å²) in [6.45, 7) is 6.18. The van der Waals surface area contributed by atoms with Gasteiger partial charge in [0, 0.05) is 10.9 Å². The van der Waals surface area contributed by atoms with E-state index in [0.29, 0.717) is 21.6 Å². The van der Waals surface area contributed by atoms with Crippen LogP contribution in [0.1, 0.15) is 28.4 Å². The Hall–Kier alpha value is -3.30. The molecule has 4 aromatic rings. The number of fused-ring (bicyclic) bond motifs is 1. The van der Waals surface area contributed by atoms with Gasteiger partial charge in [0.25, 0.3) is 5.91 Å². The van der Waals surface area contributed by atoms with Gasteiger partial charge in [0.05, 0.1) is 29.1 Å². The summed E-state index contributed by atoms with van der Waals surface area (Å²) in [4.78, 5) is 29.6. The number of rotatable bonds is 7. The number of carbonyl (C=O) groups excluding carboxylic acids is 2. The second-order valence-electron chi connectivity index (χ2n) is 7.31. The summed E-state index contributed by atoms with van der Waals surface area (Å²) in [7, 11) is 0. The van der Waals surface area contributed by atoms with Crippen molar-refractivity contribution in [3.05, 3.63) is 65.2 Å². The molecule has 0 fully saturated rings. The molecule has 2 aromatic heterocycles. The second-order valence-corrected chi connectivity index (χ2v) is 9.51. The number of nitrogens with one attached hydrogen (secondary N) is 1. The molecule has 0 atom stereocenters. The number of para-hydroxylation sites is 1. The first kappa shape index (κ1) is 22.9. The predicted molar refractivity (Wildman–Crippen MR) is 132 cm³/mol. The molecule has 0 spiro atoms.